The third-order valence-electron chi connectivity index (χ3n) is 2.32. The number of aromatic amines is 2. The summed E-state index contributed by atoms with van der Waals surface area (Å²) in [6, 6.07) is 4.39. The number of carboxylic acids is 1. The number of fused-ring (bicyclic) bond motifs is 1. The van der Waals surface area contributed by atoms with E-state index in [2.05, 4.69) is 15.3 Å². The molecule has 1 aromatic carbocycles. The minimum Gasteiger partial charge on any atom is -0.481 e. The van der Waals surface area contributed by atoms with E-state index in [1.165, 1.54) is 18.2 Å². The van der Waals surface area contributed by atoms with Crippen LogP contribution in [0.2, 0.25) is 0 Å². The Bertz CT molecular complexity index is 774. The summed E-state index contributed by atoms with van der Waals surface area (Å²) in [6.45, 7) is 0. The second kappa shape index (κ2) is 4.77. The van der Waals surface area contributed by atoms with Crippen molar-refractivity contribution < 1.29 is 14.7 Å². The lowest BCUT2D eigenvalue weighted by atomic mass is 10.2. The minimum atomic E-state index is -1.24. The standard InChI is InChI=1S/C11H9N3O5/c15-8(4-9(16)17)12-5-1-2-6-7(3-5)14-11(19)10(18)13-6/h1-3H,4H2,(H,12,15)(H,13,18)(H,14,19)(H,16,17). The number of anilines is 1. The van der Waals surface area contributed by atoms with E-state index in [1.807, 2.05) is 0 Å². The highest BCUT2D eigenvalue weighted by Crippen LogP contribution is 2.13. The molecule has 0 spiro atoms. The molecule has 0 fully saturated rings. The van der Waals surface area contributed by atoms with Gasteiger partial charge in [-0.2, -0.15) is 0 Å². The van der Waals surface area contributed by atoms with Gasteiger partial charge in [0.25, 0.3) is 0 Å². The van der Waals surface area contributed by atoms with Gasteiger partial charge in [-0.3, -0.25) is 19.2 Å². The second-order valence-electron chi connectivity index (χ2n) is 3.79. The fourth-order valence-electron chi connectivity index (χ4n) is 1.54. The lowest BCUT2D eigenvalue weighted by Gasteiger charge is -2.04. The van der Waals surface area contributed by atoms with Crippen molar-refractivity contribution in [3.63, 3.8) is 0 Å². The quantitative estimate of drug-likeness (QED) is 0.443. The highest BCUT2D eigenvalue weighted by molar-refractivity contribution is 6.02. The van der Waals surface area contributed by atoms with E-state index in [9.17, 15) is 19.2 Å². The number of H-pyrrole nitrogens is 2. The van der Waals surface area contributed by atoms with Crippen molar-refractivity contribution in [2.75, 3.05) is 5.32 Å². The van der Waals surface area contributed by atoms with E-state index in [-0.39, 0.29) is 0 Å². The number of aromatic nitrogens is 2. The van der Waals surface area contributed by atoms with Gasteiger partial charge < -0.3 is 20.4 Å². The number of carbonyl (C=O) groups is 2. The summed E-state index contributed by atoms with van der Waals surface area (Å²) in [5.74, 6) is -1.92. The smallest absolute Gasteiger partial charge is 0.314 e. The molecule has 98 valence electrons. The first-order valence-corrected chi connectivity index (χ1v) is 5.24. The van der Waals surface area contributed by atoms with E-state index in [4.69, 9.17) is 5.11 Å². The van der Waals surface area contributed by atoms with Gasteiger partial charge >= 0.3 is 17.1 Å². The number of rotatable bonds is 3. The summed E-state index contributed by atoms with van der Waals surface area (Å²) in [5.41, 5.74) is -0.517. The van der Waals surface area contributed by atoms with E-state index in [1.54, 1.807) is 0 Å². The topological polar surface area (TPSA) is 132 Å². The molecule has 1 heterocycles. The molecule has 0 aliphatic heterocycles. The third kappa shape index (κ3) is 2.86. The molecule has 0 bridgehead atoms. The molecular weight excluding hydrogens is 254 g/mol. The number of carbonyl (C=O) groups excluding carboxylic acids is 1. The molecule has 0 unspecified atom stereocenters. The van der Waals surface area contributed by atoms with Crippen LogP contribution >= 0.6 is 0 Å². The molecule has 8 nitrogen and oxygen atoms in total. The Kier molecular flexibility index (Phi) is 3.15. The molecule has 0 aliphatic carbocycles. The van der Waals surface area contributed by atoms with Crippen molar-refractivity contribution in [1.29, 1.82) is 0 Å². The van der Waals surface area contributed by atoms with Gasteiger partial charge in [0.2, 0.25) is 5.91 Å². The Balaban J connectivity index is 2.34. The third-order valence-corrected chi connectivity index (χ3v) is 2.32. The number of benzene rings is 1. The van der Waals surface area contributed by atoms with Crippen molar-refractivity contribution in [2.45, 2.75) is 6.42 Å². The maximum absolute atomic E-state index is 11.3. The molecule has 0 atom stereocenters. The van der Waals surface area contributed by atoms with Crippen molar-refractivity contribution in [3.8, 4) is 0 Å². The Morgan fingerprint density at radius 2 is 1.74 bits per heavy atom. The monoisotopic (exact) mass is 263 g/mol. The molecule has 0 saturated carbocycles. The summed E-state index contributed by atoms with van der Waals surface area (Å²) in [5, 5.41) is 10.8. The zero-order valence-corrected chi connectivity index (χ0v) is 9.52. The highest BCUT2D eigenvalue weighted by Gasteiger charge is 2.08. The van der Waals surface area contributed by atoms with Crippen LogP contribution in [0.1, 0.15) is 6.42 Å². The molecule has 1 aromatic heterocycles. The maximum Gasteiger partial charge on any atom is 0.314 e. The van der Waals surface area contributed by atoms with Crippen LogP contribution in [0.5, 0.6) is 0 Å². The maximum atomic E-state index is 11.3. The number of hydrogen-bond acceptors (Lipinski definition) is 4. The summed E-state index contributed by atoms with van der Waals surface area (Å²) in [4.78, 5) is 48.5. The van der Waals surface area contributed by atoms with Crippen LogP contribution in [-0.2, 0) is 9.59 Å². The molecule has 2 aromatic rings. The van der Waals surface area contributed by atoms with Crippen LogP contribution in [0.4, 0.5) is 5.69 Å². The Labute approximate surface area is 105 Å². The largest absolute Gasteiger partial charge is 0.481 e. The van der Waals surface area contributed by atoms with Crippen molar-refractivity contribution in [1.82, 2.24) is 9.97 Å². The molecule has 2 rings (SSSR count). The number of hydrogen-bond donors (Lipinski definition) is 4. The van der Waals surface area contributed by atoms with E-state index >= 15 is 0 Å². The minimum absolute atomic E-state index is 0.321. The first-order valence-electron chi connectivity index (χ1n) is 5.24. The molecule has 0 saturated heterocycles. The van der Waals surface area contributed by atoms with E-state index in [0.29, 0.717) is 16.7 Å². The van der Waals surface area contributed by atoms with Crippen LogP contribution < -0.4 is 16.4 Å². The predicted octanol–water partition coefficient (Wildman–Crippen LogP) is -0.370. The fraction of sp³-hybridized carbons (Fsp3) is 0.0909. The summed E-state index contributed by atoms with van der Waals surface area (Å²) >= 11 is 0. The lowest BCUT2D eigenvalue weighted by Crippen LogP contribution is -2.28. The molecule has 1 amide bonds. The first-order chi connectivity index (χ1) is 8.95. The number of amides is 1. The van der Waals surface area contributed by atoms with Gasteiger partial charge in [-0.05, 0) is 18.2 Å². The van der Waals surface area contributed by atoms with Gasteiger partial charge in [0.05, 0.1) is 11.0 Å². The summed E-state index contributed by atoms with van der Waals surface area (Å²) in [6.07, 6.45) is -0.653. The summed E-state index contributed by atoms with van der Waals surface area (Å²) < 4.78 is 0. The van der Waals surface area contributed by atoms with Gasteiger partial charge in [-0.15, -0.1) is 0 Å². The van der Waals surface area contributed by atoms with Crippen LogP contribution in [0, 0.1) is 0 Å². The summed E-state index contributed by atoms with van der Waals surface area (Å²) in [7, 11) is 0. The van der Waals surface area contributed by atoms with Crippen molar-refractivity contribution in [3.05, 3.63) is 38.9 Å². The number of aliphatic carboxylic acids is 1. The molecule has 4 N–H and O–H groups in total. The normalized spacial score (nSPS) is 10.3. The van der Waals surface area contributed by atoms with Gasteiger partial charge in [-0.25, -0.2) is 0 Å². The van der Waals surface area contributed by atoms with E-state index in [0.717, 1.165) is 0 Å². The molecular formula is C11H9N3O5. The Hall–Kier alpha value is -2.90. The average molecular weight is 263 g/mol. The molecule has 19 heavy (non-hydrogen) atoms. The Morgan fingerprint density at radius 3 is 2.37 bits per heavy atom. The van der Waals surface area contributed by atoms with Gasteiger partial charge in [0.15, 0.2) is 0 Å². The zero-order chi connectivity index (χ0) is 14.0. The fourth-order valence-corrected chi connectivity index (χ4v) is 1.54. The Morgan fingerprint density at radius 1 is 1.11 bits per heavy atom. The van der Waals surface area contributed by atoms with Gasteiger partial charge in [0, 0.05) is 5.69 Å². The van der Waals surface area contributed by atoms with Crippen LogP contribution in [-0.4, -0.2) is 27.0 Å². The predicted molar refractivity (Wildman–Crippen MR) is 66.1 cm³/mol. The SMILES string of the molecule is O=C(O)CC(=O)Nc1ccc2[nH]c(=O)c(=O)[nH]c2c1. The zero-order valence-electron chi connectivity index (χ0n) is 9.52. The first kappa shape index (κ1) is 12.6. The van der Waals surface area contributed by atoms with Crippen molar-refractivity contribution >= 4 is 28.6 Å². The van der Waals surface area contributed by atoms with Crippen LogP contribution in [0.15, 0.2) is 27.8 Å². The molecule has 8 heteroatoms. The van der Waals surface area contributed by atoms with E-state index < -0.39 is 29.4 Å². The second-order valence-corrected chi connectivity index (χ2v) is 3.79. The average Bonchev–Trinajstić information content (AvgIpc) is 2.30. The van der Waals surface area contributed by atoms with Crippen LogP contribution in [0.3, 0.4) is 0 Å². The number of carboxylic acid groups (broad SMARTS) is 1. The molecule has 0 radical (unpaired) electrons. The lowest BCUT2D eigenvalue weighted by molar-refractivity contribution is -0.139. The van der Waals surface area contributed by atoms with Crippen LogP contribution in [0.25, 0.3) is 11.0 Å². The van der Waals surface area contributed by atoms with Gasteiger partial charge in [-0.1, -0.05) is 0 Å². The van der Waals surface area contributed by atoms with Gasteiger partial charge in [0.1, 0.15) is 6.42 Å². The molecule has 0 aliphatic rings. The number of nitrogens with one attached hydrogen (secondary N) is 3. The highest BCUT2D eigenvalue weighted by atomic mass is 16.4. The van der Waals surface area contributed by atoms with Crippen molar-refractivity contribution in [2.24, 2.45) is 0 Å².